The lowest BCUT2D eigenvalue weighted by atomic mass is 9.93. The smallest absolute Gasteiger partial charge is 0.371 e. The first-order valence-corrected chi connectivity index (χ1v) is 5.21. The number of rotatable bonds is 3. The number of hydrogen-bond acceptors (Lipinski definition) is 2. The fourth-order valence-corrected chi connectivity index (χ4v) is 1.86. The number of nitrogens with zero attached hydrogens (tertiary/aromatic N) is 1. The molecule has 0 spiro atoms. The van der Waals surface area contributed by atoms with Crippen molar-refractivity contribution in [2.24, 2.45) is 0 Å². The van der Waals surface area contributed by atoms with E-state index in [-0.39, 0.29) is 10.0 Å². The topological polar surface area (TPSA) is 60.5 Å². The van der Waals surface area contributed by atoms with E-state index in [1.165, 1.54) is 0 Å². The van der Waals surface area contributed by atoms with Gasteiger partial charge in [0.25, 0.3) is 12.1 Å². The van der Waals surface area contributed by atoms with Gasteiger partial charge in [-0.1, -0.05) is 23.2 Å². The predicted molar refractivity (Wildman–Crippen MR) is 56.7 cm³/mol. The van der Waals surface area contributed by atoms with E-state index >= 15 is 0 Å². The third kappa shape index (κ3) is 3.04. The van der Waals surface area contributed by atoms with Crippen LogP contribution in [0.25, 0.3) is 0 Å². The largest absolute Gasteiger partial charge is 0.428 e. The molecule has 0 bridgehead atoms. The van der Waals surface area contributed by atoms with Gasteiger partial charge in [-0.25, -0.2) is 5.21 Å². The maximum atomic E-state index is 12.8. The molecule has 0 saturated heterocycles. The summed E-state index contributed by atoms with van der Waals surface area (Å²) in [4.78, 5) is 9.38. The minimum Gasteiger partial charge on any atom is -0.371 e. The molecule has 1 aromatic rings. The molecule has 1 aromatic carbocycles. The third-order valence-electron chi connectivity index (χ3n) is 2.17. The Morgan fingerprint density at radius 1 is 1.17 bits per heavy atom. The molecule has 9 heteroatoms. The first kappa shape index (κ1) is 15.0. The minimum atomic E-state index is -5.19. The van der Waals surface area contributed by atoms with Crippen molar-refractivity contribution < 1.29 is 28.4 Å². The van der Waals surface area contributed by atoms with Crippen molar-refractivity contribution in [1.29, 1.82) is 0 Å². The maximum absolute atomic E-state index is 12.8. The molecular weight excluding hydrogens is 298 g/mol. The normalized spacial score (nSPS) is 15.2. The lowest BCUT2D eigenvalue weighted by Gasteiger charge is -2.26. The molecule has 0 heterocycles. The Hall–Kier alpha value is -1.05. The second kappa shape index (κ2) is 4.91. The average molecular weight is 305 g/mol. The van der Waals surface area contributed by atoms with Gasteiger partial charge in [0.1, 0.15) is 0 Å². The molecule has 1 atom stereocenters. The van der Waals surface area contributed by atoms with E-state index in [0.717, 1.165) is 18.2 Å². The number of alkyl halides is 3. The fourth-order valence-electron chi connectivity index (χ4n) is 1.33. The second-order valence-corrected chi connectivity index (χ2v) is 4.40. The first-order chi connectivity index (χ1) is 8.06. The van der Waals surface area contributed by atoms with Crippen molar-refractivity contribution in [1.82, 2.24) is 0 Å². The zero-order valence-corrected chi connectivity index (χ0v) is 10.1. The Morgan fingerprint density at radius 3 is 1.94 bits per heavy atom. The lowest BCUT2D eigenvalue weighted by molar-refractivity contribution is -0.801. The van der Waals surface area contributed by atoms with Gasteiger partial charge in [-0.2, -0.15) is 13.2 Å². The Morgan fingerprint density at radius 2 is 1.61 bits per heavy atom. The molecule has 2 N–H and O–H groups in total. The molecule has 0 aromatic heterocycles. The van der Waals surface area contributed by atoms with Crippen LogP contribution < -0.4 is 0 Å². The molecule has 18 heavy (non-hydrogen) atoms. The number of benzene rings is 1. The zero-order chi connectivity index (χ0) is 14.1. The van der Waals surface area contributed by atoms with Gasteiger partial charge in [0, 0.05) is 15.6 Å². The van der Waals surface area contributed by atoms with Gasteiger partial charge in [-0.05, 0) is 18.2 Å². The second-order valence-electron chi connectivity index (χ2n) is 3.53. The van der Waals surface area contributed by atoms with Crippen LogP contribution in [0.15, 0.2) is 18.2 Å². The van der Waals surface area contributed by atoms with E-state index in [4.69, 9.17) is 28.4 Å². The molecule has 100 valence electrons. The van der Waals surface area contributed by atoms with Crippen molar-refractivity contribution in [2.75, 3.05) is 6.54 Å². The molecule has 0 saturated carbocycles. The van der Waals surface area contributed by atoms with Crippen molar-refractivity contribution in [3.05, 3.63) is 38.7 Å². The molecule has 0 fully saturated rings. The maximum Gasteiger partial charge on any atom is 0.428 e. The summed E-state index contributed by atoms with van der Waals surface area (Å²) in [6.45, 7) is -1.62. The van der Waals surface area contributed by atoms with Crippen molar-refractivity contribution in [3.63, 3.8) is 0 Å². The number of aliphatic hydroxyl groups is 1. The Balaban J connectivity index is 3.39. The first-order valence-electron chi connectivity index (χ1n) is 4.45. The molecule has 1 unspecified atom stereocenters. The third-order valence-corrected chi connectivity index (χ3v) is 2.61. The molecule has 0 radical (unpaired) electrons. The van der Waals surface area contributed by atoms with E-state index in [1.54, 1.807) is 0 Å². The summed E-state index contributed by atoms with van der Waals surface area (Å²) in [6.07, 6.45) is -5.19. The molecule has 0 amide bonds. The van der Waals surface area contributed by atoms with E-state index in [9.17, 15) is 23.2 Å². The Labute approximate surface area is 109 Å². The van der Waals surface area contributed by atoms with Crippen molar-refractivity contribution >= 4 is 23.2 Å². The number of hydrogen-bond donors (Lipinski definition) is 2. The van der Waals surface area contributed by atoms with Crippen molar-refractivity contribution in [3.8, 4) is 0 Å². The summed E-state index contributed by atoms with van der Waals surface area (Å²) in [7, 11) is 0. The number of halogens is 5. The van der Waals surface area contributed by atoms with Crippen LogP contribution in [0.1, 0.15) is 5.56 Å². The highest BCUT2D eigenvalue weighted by Gasteiger charge is 2.60. The van der Waals surface area contributed by atoms with E-state index in [1.807, 2.05) is 0 Å². The fraction of sp³-hybridized carbons (Fsp3) is 0.333. The Bertz CT molecular complexity index is 460. The van der Waals surface area contributed by atoms with E-state index in [0.29, 0.717) is 0 Å². The van der Waals surface area contributed by atoms with Gasteiger partial charge in [-0.3, -0.25) is 0 Å². The van der Waals surface area contributed by atoms with Gasteiger partial charge in [0.2, 0.25) is 4.92 Å². The summed E-state index contributed by atoms with van der Waals surface area (Å²) >= 11 is 11.1. The predicted octanol–water partition coefficient (Wildman–Crippen LogP) is 2.91. The lowest BCUT2D eigenvalue weighted by Crippen LogP contribution is -2.48. The summed E-state index contributed by atoms with van der Waals surface area (Å²) in [6, 6.07) is 2.78. The molecule has 0 aliphatic carbocycles. The van der Waals surface area contributed by atoms with Crippen LogP contribution in [0, 0.1) is 4.91 Å². The minimum absolute atomic E-state index is 0.143. The van der Waals surface area contributed by atoms with Crippen LogP contribution >= 0.6 is 23.2 Å². The van der Waals surface area contributed by atoms with Crippen LogP contribution in [0.4, 0.5) is 13.2 Å². The van der Waals surface area contributed by atoms with Crippen molar-refractivity contribution in [2.45, 2.75) is 11.8 Å². The average Bonchev–Trinajstić information content (AvgIpc) is 2.12. The van der Waals surface area contributed by atoms with Crippen LogP contribution in [-0.2, 0) is 5.60 Å². The molecular formula is C9H7Cl2F3NO3+. The molecule has 0 aliphatic rings. The van der Waals surface area contributed by atoms with E-state index < -0.39 is 28.8 Å². The van der Waals surface area contributed by atoms with Gasteiger partial charge in [0.05, 0.1) is 4.91 Å². The summed E-state index contributed by atoms with van der Waals surface area (Å²) in [5, 5.41) is 17.7. The molecule has 4 nitrogen and oxygen atoms in total. The van der Waals surface area contributed by atoms with Gasteiger partial charge < -0.3 is 5.11 Å². The summed E-state index contributed by atoms with van der Waals surface area (Å²) < 4.78 is 38.4. The van der Waals surface area contributed by atoms with E-state index in [2.05, 4.69) is 0 Å². The summed E-state index contributed by atoms with van der Waals surface area (Å²) in [5.41, 5.74) is -4.31. The SMILES string of the molecule is O=[N+](O)CC(O)(c1cc(Cl)cc(Cl)c1)C(F)(F)F. The van der Waals surface area contributed by atoms with Gasteiger partial charge >= 0.3 is 6.18 Å². The van der Waals surface area contributed by atoms with Crippen LogP contribution in [0.2, 0.25) is 10.0 Å². The van der Waals surface area contributed by atoms with Crippen LogP contribution in [-0.4, -0.2) is 28.0 Å². The Kier molecular flexibility index (Phi) is 4.09. The van der Waals surface area contributed by atoms with Gasteiger partial charge in [0.15, 0.2) is 0 Å². The highest BCUT2D eigenvalue weighted by atomic mass is 35.5. The molecule has 1 rings (SSSR count). The standard InChI is InChI=1S/C9H7Cl2F3NO3/c10-6-1-5(2-7(11)3-6)8(16,4-15(17)18)9(12,13)14/h1-3,16H,4H2,(H,17,18)/q+1. The zero-order valence-electron chi connectivity index (χ0n) is 8.58. The summed E-state index contributed by atoms with van der Waals surface area (Å²) in [5.74, 6) is 0. The highest BCUT2D eigenvalue weighted by Crippen LogP contribution is 2.40. The monoisotopic (exact) mass is 304 g/mol. The van der Waals surface area contributed by atoms with Crippen LogP contribution in [0.3, 0.4) is 0 Å². The molecule has 0 aliphatic heterocycles. The van der Waals surface area contributed by atoms with Crippen LogP contribution in [0.5, 0.6) is 0 Å². The van der Waals surface area contributed by atoms with Gasteiger partial charge in [-0.15, -0.1) is 0 Å². The quantitative estimate of drug-likeness (QED) is 0.844. The highest BCUT2D eigenvalue weighted by molar-refractivity contribution is 6.34.